The second-order valence-electron chi connectivity index (χ2n) is 4.85. The normalized spacial score (nSPS) is 23.1. The third-order valence-electron chi connectivity index (χ3n) is 3.64. The Labute approximate surface area is 107 Å². The van der Waals surface area contributed by atoms with Crippen molar-refractivity contribution < 1.29 is 9.53 Å². The van der Waals surface area contributed by atoms with Crippen LogP contribution < -0.4 is 15.0 Å². The van der Waals surface area contributed by atoms with Gasteiger partial charge in [0, 0.05) is 6.54 Å². The van der Waals surface area contributed by atoms with Crippen LogP contribution in [-0.4, -0.2) is 32.1 Å². The van der Waals surface area contributed by atoms with Gasteiger partial charge in [-0.2, -0.15) is 0 Å². The molecule has 96 valence electrons. The number of amides is 1. The van der Waals surface area contributed by atoms with Gasteiger partial charge >= 0.3 is 0 Å². The first-order valence-electron chi connectivity index (χ1n) is 6.60. The van der Waals surface area contributed by atoms with Crippen molar-refractivity contribution in [2.24, 2.45) is 5.92 Å². The third-order valence-corrected chi connectivity index (χ3v) is 3.64. The van der Waals surface area contributed by atoms with Crippen LogP contribution in [0.3, 0.4) is 0 Å². The van der Waals surface area contributed by atoms with Crippen LogP contribution in [0.4, 0.5) is 5.69 Å². The molecule has 1 amide bonds. The molecule has 1 atom stereocenters. The van der Waals surface area contributed by atoms with Crippen LogP contribution in [0, 0.1) is 5.92 Å². The van der Waals surface area contributed by atoms with Gasteiger partial charge in [0.05, 0.1) is 18.2 Å². The van der Waals surface area contributed by atoms with Crippen molar-refractivity contribution in [2.45, 2.75) is 12.8 Å². The molecule has 2 aliphatic rings. The quantitative estimate of drug-likeness (QED) is 0.814. The van der Waals surface area contributed by atoms with E-state index in [1.54, 1.807) is 0 Å². The maximum absolute atomic E-state index is 12.5. The smallest absolute Gasteiger partial charge is 0.231 e. The Hall–Kier alpha value is -1.55. The molecule has 1 aromatic rings. The number of fused-ring (bicyclic) bond motifs is 1. The van der Waals surface area contributed by atoms with Crippen LogP contribution in [-0.2, 0) is 4.79 Å². The second kappa shape index (κ2) is 4.98. The molecule has 0 aliphatic carbocycles. The predicted octanol–water partition coefficient (Wildman–Crippen LogP) is 1.41. The number of ether oxygens (including phenoxy) is 1. The Kier molecular flexibility index (Phi) is 3.19. The first-order chi connectivity index (χ1) is 8.86. The summed E-state index contributed by atoms with van der Waals surface area (Å²) in [4.78, 5) is 14.4. The molecule has 1 fully saturated rings. The first-order valence-corrected chi connectivity index (χ1v) is 6.60. The molecule has 4 nitrogen and oxygen atoms in total. The summed E-state index contributed by atoms with van der Waals surface area (Å²) in [6.07, 6.45) is 2.08. The SMILES string of the molecule is O=C([C@@H]1CCCNC1)N1CCOc2ccccc21. The van der Waals surface area contributed by atoms with Crippen molar-refractivity contribution in [2.75, 3.05) is 31.1 Å². The monoisotopic (exact) mass is 246 g/mol. The summed E-state index contributed by atoms with van der Waals surface area (Å²) in [6.45, 7) is 3.08. The van der Waals surface area contributed by atoms with Gasteiger partial charge in [0.1, 0.15) is 12.4 Å². The van der Waals surface area contributed by atoms with Gasteiger partial charge < -0.3 is 15.0 Å². The maximum Gasteiger partial charge on any atom is 0.231 e. The van der Waals surface area contributed by atoms with E-state index < -0.39 is 0 Å². The molecule has 0 spiro atoms. The minimum atomic E-state index is 0.116. The summed E-state index contributed by atoms with van der Waals surface area (Å²) >= 11 is 0. The van der Waals surface area contributed by atoms with Gasteiger partial charge in [-0.3, -0.25) is 4.79 Å². The fourth-order valence-corrected chi connectivity index (χ4v) is 2.68. The third kappa shape index (κ3) is 2.08. The lowest BCUT2D eigenvalue weighted by Crippen LogP contribution is -2.46. The number of carbonyl (C=O) groups is 1. The summed E-state index contributed by atoms with van der Waals surface area (Å²) in [5.41, 5.74) is 0.916. The van der Waals surface area contributed by atoms with Gasteiger partial charge in [-0.1, -0.05) is 12.1 Å². The summed E-state index contributed by atoms with van der Waals surface area (Å²) in [5.74, 6) is 1.17. The van der Waals surface area contributed by atoms with E-state index in [4.69, 9.17) is 4.74 Å². The number of piperidine rings is 1. The van der Waals surface area contributed by atoms with E-state index >= 15 is 0 Å². The van der Waals surface area contributed by atoms with Gasteiger partial charge in [-0.15, -0.1) is 0 Å². The van der Waals surface area contributed by atoms with E-state index in [-0.39, 0.29) is 11.8 Å². The van der Waals surface area contributed by atoms with Crippen molar-refractivity contribution in [3.63, 3.8) is 0 Å². The predicted molar refractivity (Wildman–Crippen MR) is 69.9 cm³/mol. The summed E-state index contributed by atoms with van der Waals surface area (Å²) in [7, 11) is 0. The van der Waals surface area contributed by atoms with Crippen molar-refractivity contribution in [3.05, 3.63) is 24.3 Å². The molecule has 0 aromatic heterocycles. The molecule has 1 N–H and O–H groups in total. The molecule has 2 aliphatic heterocycles. The van der Waals surface area contributed by atoms with Crippen molar-refractivity contribution in [3.8, 4) is 5.75 Å². The van der Waals surface area contributed by atoms with Gasteiger partial charge in [-0.05, 0) is 31.5 Å². The number of carbonyl (C=O) groups excluding carboxylic acids is 1. The van der Waals surface area contributed by atoms with E-state index in [9.17, 15) is 4.79 Å². The van der Waals surface area contributed by atoms with E-state index in [0.29, 0.717) is 13.2 Å². The molecule has 3 rings (SSSR count). The van der Waals surface area contributed by atoms with Crippen molar-refractivity contribution in [1.29, 1.82) is 0 Å². The molecule has 0 unspecified atom stereocenters. The Morgan fingerprint density at radius 2 is 2.28 bits per heavy atom. The molecule has 0 radical (unpaired) electrons. The van der Waals surface area contributed by atoms with Gasteiger partial charge in [-0.25, -0.2) is 0 Å². The molecular formula is C14H18N2O2. The number of rotatable bonds is 1. The van der Waals surface area contributed by atoms with Crippen LogP contribution in [0.25, 0.3) is 0 Å². The number of hydrogen-bond donors (Lipinski definition) is 1. The largest absolute Gasteiger partial charge is 0.490 e. The number of hydrogen-bond acceptors (Lipinski definition) is 3. The number of benzene rings is 1. The summed E-state index contributed by atoms with van der Waals surface area (Å²) in [6, 6.07) is 7.78. The molecule has 0 bridgehead atoms. The maximum atomic E-state index is 12.5. The summed E-state index contributed by atoms with van der Waals surface area (Å²) in [5, 5.41) is 3.30. The topological polar surface area (TPSA) is 41.6 Å². The van der Waals surface area contributed by atoms with Crippen LogP contribution in [0.2, 0.25) is 0 Å². The highest BCUT2D eigenvalue weighted by Gasteiger charge is 2.29. The number of nitrogens with one attached hydrogen (secondary N) is 1. The van der Waals surface area contributed by atoms with E-state index in [0.717, 1.165) is 37.4 Å². The molecular weight excluding hydrogens is 228 g/mol. The average molecular weight is 246 g/mol. The van der Waals surface area contributed by atoms with Crippen LogP contribution in [0.15, 0.2) is 24.3 Å². The second-order valence-corrected chi connectivity index (χ2v) is 4.85. The number of para-hydroxylation sites is 2. The average Bonchev–Trinajstić information content (AvgIpc) is 2.47. The summed E-state index contributed by atoms with van der Waals surface area (Å²) < 4.78 is 5.58. The lowest BCUT2D eigenvalue weighted by Gasteiger charge is -2.33. The standard InChI is InChI=1S/C14H18N2O2/c17-14(11-4-3-7-15-10-11)16-8-9-18-13-6-2-1-5-12(13)16/h1-2,5-6,11,15H,3-4,7-10H2/t11-/m1/s1. The fraction of sp³-hybridized carbons (Fsp3) is 0.500. The molecule has 18 heavy (non-hydrogen) atoms. The zero-order valence-corrected chi connectivity index (χ0v) is 10.4. The van der Waals surface area contributed by atoms with Crippen LogP contribution in [0.1, 0.15) is 12.8 Å². The lowest BCUT2D eigenvalue weighted by molar-refractivity contribution is -0.123. The van der Waals surface area contributed by atoms with Crippen molar-refractivity contribution >= 4 is 11.6 Å². The first kappa shape index (κ1) is 11.5. The van der Waals surface area contributed by atoms with Gasteiger partial charge in [0.2, 0.25) is 5.91 Å². The number of anilines is 1. The Balaban J connectivity index is 1.82. The zero-order chi connectivity index (χ0) is 12.4. The Morgan fingerprint density at radius 3 is 3.11 bits per heavy atom. The van der Waals surface area contributed by atoms with E-state index in [1.165, 1.54) is 0 Å². The van der Waals surface area contributed by atoms with E-state index in [1.807, 2.05) is 29.2 Å². The van der Waals surface area contributed by atoms with Gasteiger partial charge in [0.15, 0.2) is 0 Å². The molecule has 4 heteroatoms. The van der Waals surface area contributed by atoms with E-state index in [2.05, 4.69) is 5.32 Å². The van der Waals surface area contributed by atoms with Crippen LogP contribution >= 0.6 is 0 Å². The highest BCUT2D eigenvalue weighted by Crippen LogP contribution is 2.32. The molecule has 2 heterocycles. The molecule has 1 saturated heterocycles. The fourth-order valence-electron chi connectivity index (χ4n) is 2.68. The zero-order valence-electron chi connectivity index (χ0n) is 10.4. The Morgan fingerprint density at radius 1 is 1.39 bits per heavy atom. The van der Waals surface area contributed by atoms with Gasteiger partial charge in [0.25, 0.3) is 0 Å². The minimum Gasteiger partial charge on any atom is -0.490 e. The molecule has 1 aromatic carbocycles. The number of nitrogens with zero attached hydrogens (tertiary/aromatic N) is 1. The highest BCUT2D eigenvalue weighted by molar-refractivity contribution is 5.97. The Bertz CT molecular complexity index is 441. The highest BCUT2D eigenvalue weighted by atomic mass is 16.5. The van der Waals surface area contributed by atoms with Crippen molar-refractivity contribution in [1.82, 2.24) is 5.32 Å². The minimum absolute atomic E-state index is 0.116. The lowest BCUT2D eigenvalue weighted by atomic mass is 9.97. The van der Waals surface area contributed by atoms with Crippen LogP contribution in [0.5, 0.6) is 5.75 Å². The molecule has 0 saturated carbocycles.